The molecule has 17 heavy (non-hydrogen) atoms. The molecule has 1 saturated carbocycles. The Morgan fingerprint density at radius 2 is 1.76 bits per heavy atom. The lowest BCUT2D eigenvalue weighted by Gasteiger charge is -2.41. The van der Waals surface area contributed by atoms with Gasteiger partial charge in [0.1, 0.15) is 0 Å². The first kappa shape index (κ1) is 13.3. The lowest BCUT2D eigenvalue weighted by Crippen LogP contribution is -2.51. The third-order valence-electron chi connectivity index (χ3n) is 4.66. The highest BCUT2D eigenvalue weighted by atomic mass is 16.3. The van der Waals surface area contributed by atoms with Crippen molar-refractivity contribution in [3.63, 3.8) is 0 Å². The number of likely N-dealkylation sites (tertiary alicyclic amines) is 1. The van der Waals surface area contributed by atoms with Crippen LogP contribution >= 0.6 is 0 Å². The summed E-state index contributed by atoms with van der Waals surface area (Å²) in [4.78, 5) is 2.44. The lowest BCUT2D eigenvalue weighted by molar-refractivity contribution is -0.0266. The van der Waals surface area contributed by atoms with Gasteiger partial charge in [0.25, 0.3) is 0 Å². The van der Waals surface area contributed by atoms with E-state index in [9.17, 15) is 10.2 Å². The molecule has 1 aliphatic heterocycles. The Hall–Kier alpha value is -0.120. The van der Waals surface area contributed by atoms with Gasteiger partial charge in [-0.2, -0.15) is 0 Å². The molecule has 2 N–H and O–H groups in total. The first-order chi connectivity index (χ1) is 8.22. The van der Waals surface area contributed by atoms with Crippen molar-refractivity contribution >= 4 is 0 Å². The van der Waals surface area contributed by atoms with Crippen molar-refractivity contribution in [2.45, 2.75) is 70.1 Å². The quantitative estimate of drug-likeness (QED) is 0.724. The Morgan fingerprint density at radius 1 is 1.00 bits per heavy atom. The molecule has 0 spiro atoms. The number of nitrogens with zero attached hydrogens (tertiary/aromatic N) is 1. The molecule has 0 radical (unpaired) electrons. The van der Waals surface area contributed by atoms with Crippen LogP contribution in [0.2, 0.25) is 0 Å². The number of aliphatic hydroxyl groups excluding tert-OH is 2. The number of piperidine rings is 1. The van der Waals surface area contributed by atoms with Crippen molar-refractivity contribution < 1.29 is 10.2 Å². The zero-order valence-corrected chi connectivity index (χ0v) is 11.0. The van der Waals surface area contributed by atoms with Crippen molar-refractivity contribution in [2.75, 3.05) is 13.1 Å². The minimum absolute atomic E-state index is 0.126. The van der Waals surface area contributed by atoms with E-state index in [0.29, 0.717) is 12.0 Å². The molecule has 0 bridgehead atoms. The molecule has 2 fully saturated rings. The predicted molar refractivity (Wildman–Crippen MR) is 68.9 cm³/mol. The van der Waals surface area contributed by atoms with E-state index in [1.807, 2.05) is 0 Å². The number of hydrogen-bond acceptors (Lipinski definition) is 3. The molecule has 0 aromatic carbocycles. The Kier molecular flexibility index (Phi) is 4.83. The average Bonchev–Trinajstić information content (AvgIpc) is 2.55. The highest BCUT2D eigenvalue weighted by molar-refractivity contribution is 4.87. The molecule has 3 heteroatoms. The monoisotopic (exact) mass is 241 g/mol. The molecule has 0 aromatic heterocycles. The summed E-state index contributed by atoms with van der Waals surface area (Å²) < 4.78 is 0. The molecule has 1 aliphatic carbocycles. The van der Waals surface area contributed by atoms with Gasteiger partial charge in [-0.3, -0.25) is 4.90 Å². The highest BCUT2D eigenvalue weighted by Crippen LogP contribution is 2.28. The Labute approximate surface area is 105 Å². The van der Waals surface area contributed by atoms with Crippen molar-refractivity contribution in [1.82, 2.24) is 4.90 Å². The summed E-state index contributed by atoms with van der Waals surface area (Å²) in [6.07, 6.45) is 7.42. The van der Waals surface area contributed by atoms with Crippen LogP contribution in [-0.4, -0.2) is 46.5 Å². The van der Waals surface area contributed by atoms with E-state index >= 15 is 0 Å². The summed E-state index contributed by atoms with van der Waals surface area (Å²) in [5.41, 5.74) is 0. The first-order valence-corrected chi connectivity index (χ1v) is 7.32. The Balaban J connectivity index is 1.96. The van der Waals surface area contributed by atoms with Crippen LogP contribution in [0, 0.1) is 5.92 Å². The largest absolute Gasteiger partial charge is 0.393 e. The molecule has 2 rings (SSSR count). The molecular formula is C14H27NO2. The maximum absolute atomic E-state index is 10.2. The van der Waals surface area contributed by atoms with E-state index in [-0.39, 0.29) is 12.2 Å². The maximum Gasteiger partial charge on any atom is 0.0695 e. The molecule has 4 atom stereocenters. The van der Waals surface area contributed by atoms with Crippen molar-refractivity contribution in [3.05, 3.63) is 0 Å². The Bertz CT molecular complexity index is 234. The second-order valence-electron chi connectivity index (χ2n) is 5.79. The van der Waals surface area contributed by atoms with Crippen LogP contribution in [0.3, 0.4) is 0 Å². The molecule has 4 unspecified atom stereocenters. The molecule has 2 aliphatic rings. The van der Waals surface area contributed by atoms with E-state index in [1.54, 1.807) is 0 Å². The average molecular weight is 241 g/mol. The fourth-order valence-corrected chi connectivity index (χ4v) is 3.44. The normalized spacial score (nSPS) is 41.1. The summed E-state index contributed by atoms with van der Waals surface area (Å²) >= 11 is 0. The van der Waals surface area contributed by atoms with Crippen molar-refractivity contribution in [2.24, 2.45) is 5.92 Å². The van der Waals surface area contributed by atoms with Crippen LogP contribution in [0.15, 0.2) is 0 Å². The molecular weight excluding hydrogens is 214 g/mol. The fraction of sp³-hybridized carbons (Fsp3) is 1.00. The van der Waals surface area contributed by atoms with Gasteiger partial charge in [0.15, 0.2) is 0 Å². The van der Waals surface area contributed by atoms with Crippen LogP contribution in [0.1, 0.15) is 51.9 Å². The fourth-order valence-electron chi connectivity index (χ4n) is 3.44. The number of hydrogen-bond donors (Lipinski definition) is 2. The lowest BCUT2D eigenvalue weighted by atomic mass is 9.90. The maximum atomic E-state index is 10.2. The summed E-state index contributed by atoms with van der Waals surface area (Å²) in [7, 11) is 0. The van der Waals surface area contributed by atoms with E-state index in [1.165, 1.54) is 19.3 Å². The SMILES string of the molecule is CCC1CN(C2CCCCCC2O)CCC1O. The van der Waals surface area contributed by atoms with Crippen LogP contribution in [0.5, 0.6) is 0 Å². The molecule has 3 nitrogen and oxygen atoms in total. The van der Waals surface area contributed by atoms with Gasteiger partial charge in [0, 0.05) is 19.1 Å². The molecule has 1 saturated heterocycles. The summed E-state index contributed by atoms with van der Waals surface area (Å²) in [5, 5.41) is 20.1. The first-order valence-electron chi connectivity index (χ1n) is 7.32. The minimum atomic E-state index is -0.148. The topological polar surface area (TPSA) is 43.7 Å². The molecule has 1 heterocycles. The number of rotatable bonds is 2. The van der Waals surface area contributed by atoms with Gasteiger partial charge in [-0.05, 0) is 31.6 Å². The third kappa shape index (κ3) is 3.21. The van der Waals surface area contributed by atoms with Gasteiger partial charge in [0.2, 0.25) is 0 Å². The predicted octanol–water partition coefficient (Wildman–Crippen LogP) is 1.77. The third-order valence-corrected chi connectivity index (χ3v) is 4.66. The summed E-state index contributed by atoms with van der Waals surface area (Å²) in [5.74, 6) is 0.402. The van der Waals surface area contributed by atoms with Crippen LogP contribution < -0.4 is 0 Å². The molecule has 0 amide bonds. The van der Waals surface area contributed by atoms with E-state index in [0.717, 1.165) is 38.8 Å². The standard InChI is InChI=1S/C14H27NO2/c1-2-11-10-15(9-8-13(11)16)12-6-4-3-5-7-14(12)17/h11-14,16-17H,2-10H2,1H3. The summed E-state index contributed by atoms with van der Waals surface area (Å²) in [6.45, 7) is 4.08. The van der Waals surface area contributed by atoms with Crippen molar-refractivity contribution in [3.8, 4) is 0 Å². The van der Waals surface area contributed by atoms with E-state index in [4.69, 9.17) is 0 Å². The van der Waals surface area contributed by atoms with Gasteiger partial charge in [-0.1, -0.05) is 26.2 Å². The van der Waals surface area contributed by atoms with Gasteiger partial charge in [-0.15, -0.1) is 0 Å². The summed E-state index contributed by atoms with van der Waals surface area (Å²) in [6, 6.07) is 0.346. The van der Waals surface area contributed by atoms with Gasteiger partial charge >= 0.3 is 0 Å². The van der Waals surface area contributed by atoms with Gasteiger partial charge < -0.3 is 10.2 Å². The van der Waals surface area contributed by atoms with Crippen molar-refractivity contribution in [1.29, 1.82) is 0 Å². The zero-order valence-electron chi connectivity index (χ0n) is 11.0. The van der Waals surface area contributed by atoms with E-state index in [2.05, 4.69) is 11.8 Å². The van der Waals surface area contributed by atoms with Gasteiger partial charge in [-0.25, -0.2) is 0 Å². The Morgan fingerprint density at radius 3 is 2.53 bits per heavy atom. The smallest absolute Gasteiger partial charge is 0.0695 e. The van der Waals surface area contributed by atoms with Crippen LogP contribution in [0.4, 0.5) is 0 Å². The van der Waals surface area contributed by atoms with E-state index < -0.39 is 0 Å². The number of aliphatic hydroxyl groups is 2. The minimum Gasteiger partial charge on any atom is -0.393 e. The van der Waals surface area contributed by atoms with Gasteiger partial charge in [0.05, 0.1) is 12.2 Å². The molecule has 0 aromatic rings. The van der Waals surface area contributed by atoms with Crippen LogP contribution in [0.25, 0.3) is 0 Å². The molecule has 100 valence electrons. The second kappa shape index (κ2) is 6.17. The second-order valence-corrected chi connectivity index (χ2v) is 5.79. The van der Waals surface area contributed by atoms with Crippen LogP contribution in [-0.2, 0) is 0 Å². The highest BCUT2D eigenvalue weighted by Gasteiger charge is 2.33. The zero-order chi connectivity index (χ0) is 12.3.